The molecule has 1 aliphatic heterocycles. The zero-order valence-corrected chi connectivity index (χ0v) is 20.4. The Bertz CT molecular complexity index is 834. The summed E-state index contributed by atoms with van der Waals surface area (Å²) in [6.07, 6.45) is 4.34. The van der Waals surface area contributed by atoms with Crippen LogP contribution in [0.4, 0.5) is 10.2 Å². The highest BCUT2D eigenvalue weighted by atomic mass is 127. The summed E-state index contributed by atoms with van der Waals surface area (Å²) in [6, 6.07) is 10.9. The van der Waals surface area contributed by atoms with E-state index in [1.807, 2.05) is 25.3 Å². The lowest BCUT2D eigenvalue weighted by Gasteiger charge is -2.27. The van der Waals surface area contributed by atoms with Crippen molar-refractivity contribution in [1.82, 2.24) is 15.6 Å². The Hall–Kier alpha value is -1.90. The van der Waals surface area contributed by atoms with Gasteiger partial charge in [0.1, 0.15) is 11.6 Å². The van der Waals surface area contributed by atoms with Crippen LogP contribution in [0.3, 0.4) is 0 Å². The van der Waals surface area contributed by atoms with Gasteiger partial charge in [0.05, 0.1) is 6.54 Å². The molecule has 1 aromatic carbocycles. The van der Waals surface area contributed by atoms with Crippen LogP contribution in [-0.2, 0) is 12.0 Å². The van der Waals surface area contributed by atoms with Gasteiger partial charge in [-0.05, 0) is 55.2 Å². The first-order chi connectivity index (χ1) is 14.0. The van der Waals surface area contributed by atoms with Crippen LogP contribution >= 0.6 is 24.0 Å². The van der Waals surface area contributed by atoms with Gasteiger partial charge in [-0.25, -0.2) is 14.4 Å². The predicted octanol–water partition coefficient (Wildman–Crippen LogP) is 4.47. The minimum atomic E-state index is -0.224. The number of nitrogens with zero attached hydrogens (tertiary/aromatic N) is 3. The average Bonchev–Trinajstić information content (AvgIpc) is 3.25. The summed E-state index contributed by atoms with van der Waals surface area (Å²) < 4.78 is 13.6. The summed E-state index contributed by atoms with van der Waals surface area (Å²) in [4.78, 5) is 11.6. The minimum Gasteiger partial charge on any atom is -0.357 e. The van der Waals surface area contributed by atoms with E-state index in [1.54, 1.807) is 12.1 Å². The van der Waals surface area contributed by atoms with Gasteiger partial charge in [0.15, 0.2) is 5.96 Å². The van der Waals surface area contributed by atoms with Crippen molar-refractivity contribution >= 4 is 35.8 Å². The summed E-state index contributed by atoms with van der Waals surface area (Å²) >= 11 is 0. The molecule has 0 aliphatic carbocycles. The first kappa shape index (κ1) is 24.4. The normalized spacial score (nSPS) is 14.4. The van der Waals surface area contributed by atoms with Gasteiger partial charge >= 0.3 is 0 Å². The van der Waals surface area contributed by atoms with Gasteiger partial charge in [-0.2, -0.15) is 0 Å². The standard InChI is InChI=1S/C23H32FN5.HI/c1-4-25-22(28-17-23(2,3)19-8-7-9-20(24)15-19)27-16-18-10-11-26-21(14-18)29-12-5-6-13-29;/h7-11,14-15H,4-6,12-13,16-17H2,1-3H3,(H2,25,27,28);1H. The minimum absolute atomic E-state index is 0. The van der Waals surface area contributed by atoms with Gasteiger partial charge in [-0.1, -0.05) is 26.0 Å². The quantitative estimate of drug-likeness (QED) is 0.318. The topological polar surface area (TPSA) is 52.6 Å². The van der Waals surface area contributed by atoms with Crippen molar-refractivity contribution in [3.63, 3.8) is 0 Å². The largest absolute Gasteiger partial charge is 0.357 e. The van der Waals surface area contributed by atoms with Crippen molar-refractivity contribution in [1.29, 1.82) is 0 Å². The van der Waals surface area contributed by atoms with Crippen molar-refractivity contribution in [2.24, 2.45) is 4.99 Å². The van der Waals surface area contributed by atoms with Crippen molar-refractivity contribution in [3.05, 3.63) is 59.5 Å². The molecular formula is C23H33FIN5. The van der Waals surface area contributed by atoms with Crippen LogP contribution in [0.15, 0.2) is 47.6 Å². The lowest BCUT2D eigenvalue weighted by Crippen LogP contribution is -2.43. The number of hydrogen-bond acceptors (Lipinski definition) is 3. The molecular weight excluding hydrogens is 492 g/mol. The van der Waals surface area contributed by atoms with Crippen LogP contribution in [0, 0.1) is 5.82 Å². The molecule has 0 amide bonds. The molecule has 30 heavy (non-hydrogen) atoms. The van der Waals surface area contributed by atoms with Gasteiger partial charge < -0.3 is 15.5 Å². The zero-order chi connectivity index (χ0) is 20.7. The Labute approximate surface area is 196 Å². The molecule has 2 heterocycles. The highest BCUT2D eigenvalue weighted by Gasteiger charge is 2.21. The summed E-state index contributed by atoms with van der Waals surface area (Å²) in [5.74, 6) is 1.60. The number of pyridine rings is 1. The van der Waals surface area contributed by atoms with Gasteiger partial charge in [0.2, 0.25) is 0 Å². The molecule has 1 saturated heterocycles. The number of aliphatic imine (C=N–C) groups is 1. The molecule has 0 saturated carbocycles. The van der Waals surface area contributed by atoms with Gasteiger partial charge in [-0.3, -0.25) is 0 Å². The van der Waals surface area contributed by atoms with E-state index in [0.717, 1.165) is 42.5 Å². The third kappa shape index (κ3) is 6.82. The Morgan fingerprint density at radius 2 is 1.93 bits per heavy atom. The van der Waals surface area contributed by atoms with Crippen LogP contribution in [0.2, 0.25) is 0 Å². The number of anilines is 1. The molecule has 164 valence electrons. The molecule has 2 aromatic rings. The van der Waals surface area contributed by atoms with Crippen molar-refractivity contribution in [3.8, 4) is 0 Å². The molecule has 3 rings (SSSR count). The van der Waals surface area contributed by atoms with E-state index < -0.39 is 0 Å². The second-order valence-electron chi connectivity index (χ2n) is 8.16. The third-order valence-electron chi connectivity index (χ3n) is 5.31. The molecule has 0 unspecified atom stereocenters. The van der Waals surface area contributed by atoms with Gasteiger partial charge in [-0.15, -0.1) is 24.0 Å². The summed E-state index contributed by atoms with van der Waals surface area (Å²) in [5, 5.41) is 6.71. The fraction of sp³-hybridized carbons (Fsp3) is 0.478. The van der Waals surface area contributed by atoms with E-state index in [2.05, 4.69) is 40.4 Å². The average molecular weight is 525 g/mol. The van der Waals surface area contributed by atoms with E-state index in [-0.39, 0.29) is 35.2 Å². The molecule has 1 aromatic heterocycles. The number of rotatable bonds is 7. The Balaban J connectivity index is 0.00000320. The monoisotopic (exact) mass is 525 g/mol. The predicted molar refractivity (Wildman–Crippen MR) is 133 cm³/mol. The van der Waals surface area contributed by atoms with Crippen LogP contribution in [0.1, 0.15) is 44.7 Å². The van der Waals surface area contributed by atoms with E-state index in [9.17, 15) is 4.39 Å². The van der Waals surface area contributed by atoms with Crippen molar-refractivity contribution in [2.45, 2.75) is 45.6 Å². The number of aromatic nitrogens is 1. The second kappa shape index (κ2) is 11.5. The fourth-order valence-electron chi connectivity index (χ4n) is 3.51. The number of halogens is 2. The fourth-order valence-corrected chi connectivity index (χ4v) is 3.51. The maximum Gasteiger partial charge on any atom is 0.191 e. The Kier molecular flexibility index (Phi) is 9.33. The molecule has 1 fully saturated rings. The zero-order valence-electron chi connectivity index (χ0n) is 18.1. The van der Waals surface area contributed by atoms with E-state index in [0.29, 0.717) is 13.1 Å². The van der Waals surface area contributed by atoms with Crippen LogP contribution in [-0.4, -0.2) is 37.1 Å². The molecule has 5 nitrogen and oxygen atoms in total. The van der Waals surface area contributed by atoms with E-state index in [1.165, 1.54) is 18.9 Å². The molecule has 0 radical (unpaired) electrons. The molecule has 2 N–H and O–H groups in total. The smallest absolute Gasteiger partial charge is 0.191 e. The van der Waals surface area contributed by atoms with Crippen molar-refractivity contribution in [2.75, 3.05) is 31.1 Å². The summed E-state index contributed by atoms with van der Waals surface area (Å²) in [7, 11) is 0. The maximum absolute atomic E-state index is 13.6. The number of hydrogen-bond donors (Lipinski definition) is 2. The molecule has 0 spiro atoms. The maximum atomic E-state index is 13.6. The summed E-state index contributed by atoms with van der Waals surface area (Å²) in [5.41, 5.74) is 1.88. The van der Waals surface area contributed by atoms with Gasteiger partial charge in [0, 0.05) is 37.8 Å². The number of guanidine groups is 1. The highest BCUT2D eigenvalue weighted by molar-refractivity contribution is 14.0. The third-order valence-corrected chi connectivity index (χ3v) is 5.31. The highest BCUT2D eigenvalue weighted by Crippen LogP contribution is 2.23. The molecule has 0 atom stereocenters. The molecule has 0 bridgehead atoms. The first-order valence-corrected chi connectivity index (χ1v) is 10.5. The van der Waals surface area contributed by atoms with Crippen LogP contribution in [0.5, 0.6) is 0 Å². The molecule has 1 aliphatic rings. The number of benzene rings is 1. The van der Waals surface area contributed by atoms with Gasteiger partial charge in [0.25, 0.3) is 0 Å². The van der Waals surface area contributed by atoms with Crippen LogP contribution in [0.25, 0.3) is 0 Å². The summed E-state index contributed by atoms with van der Waals surface area (Å²) in [6.45, 7) is 10.4. The SMILES string of the molecule is CCNC(=NCc1ccnc(N2CCCC2)c1)NCC(C)(C)c1cccc(F)c1.I. The Morgan fingerprint density at radius 1 is 1.17 bits per heavy atom. The number of nitrogens with one attached hydrogen (secondary N) is 2. The Morgan fingerprint density at radius 3 is 2.63 bits per heavy atom. The van der Waals surface area contributed by atoms with E-state index in [4.69, 9.17) is 4.99 Å². The lowest BCUT2D eigenvalue weighted by molar-refractivity contribution is 0.503. The molecule has 7 heteroatoms. The second-order valence-corrected chi connectivity index (χ2v) is 8.16. The van der Waals surface area contributed by atoms with Crippen molar-refractivity contribution < 1.29 is 4.39 Å². The van der Waals surface area contributed by atoms with E-state index >= 15 is 0 Å². The van der Waals surface area contributed by atoms with Crippen LogP contribution < -0.4 is 15.5 Å². The first-order valence-electron chi connectivity index (χ1n) is 10.5. The lowest BCUT2D eigenvalue weighted by atomic mass is 9.84.